The second-order valence-electron chi connectivity index (χ2n) is 6.20. The number of benzene rings is 2. The third kappa shape index (κ3) is 5.13. The van der Waals surface area contributed by atoms with Crippen LogP contribution in [0.3, 0.4) is 0 Å². The Labute approximate surface area is 166 Å². The number of rotatable bonds is 8. The van der Waals surface area contributed by atoms with Crippen molar-refractivity contribution < 1.29 is 18.3 Å². The lowest BCUT2D eigenvalue weighted by Gasteiger charge is -2.07. The van der Waals surface area contributed by atoms with Gasteiger partial charge in [-0.1, -0.05) is 19.8 Å². The fourth-order valence-electron chi connectivity index (χ4n) is 2.57. The monoisotopic (exact) mass is 402 g/mol. The van der Waals surface area contributed by atoms with Gasteiger partial charge >= 0.3 is 0 Å². The Balaban J connectivity index is 1.61. The molecule has 0 unspecified atom stereocenters. The molecule has 0 fully saturated rings. The second-order valence-corrected chi connectivity index (χ2v) is 7.05. The zero-order valence-corrected chi connectivity index (χ0v) is 16.2. The molecule has 0 bridgehead atoms. The highest BCUT2D eigenvalue weighted by atomic mass is 32.1. The molecule has 0 saturated heterocycles. The summed E-state index contributed by atoms with van der Waals surface area (Å²) >= 11 is 1.17. The Hall–Kier alpha value is -2.80. The summed E-state index contributed by atoms with van der Waals surface area (Å²) in [5.74, 6) is -0.950. The minimum absolute atomic E-state index is 0.183. The number of hydrogen-bond acceptors (Lipinski definition) is 4. The van der Waals surface area contributed by atoms with E-state index in [9.17, 15) is 13.6 Å². The van der Waals surface area contributed by atoms with Crippen LogP contribution in [0.15, 0.2) is 47.8 Å². The van der Waals surface area contributed by atoms with Crippen molar-refractivity contribution in [1.29, 1.82) is 0 Å². The molecule has 0 radical (unpaired) electrons. The molecule has 0 aliphatic carbocycles. The molecule has 1 aromatic heterocycles. The van der Waals surface area contributed by atoms with Crippen LogP contribution in [0.25, 0.3) is 11.3 Å². The maximum Gasteiger partial charge on any atom is 0.257 e. The van der Waals surface area contributed by atoms with Gasteiger partial charge in [0.2, 0.25) is 0 Å². The van der Waals surface area contributed by atoms with Gasteiger partial charge in [-0.15, -0.1) is 11.3 Å². The van der Waals surface area contributed by atoms with Crippen LogP contribution in [0.4, 0.5) is 13.9 Å². The number of carbonyl (C=O) groups is 1. The summed E-state index contributed by atoms with van der Waals surface area (Å²) in [7, 11) is 0. The normalized spacial score (nSPS) is 10.7. The highest BCUT2D eigenvalue weighted by molar-refractivity contribution is 7.14. The van der Waals surface area contributed by atoms with Gasteiger partial charge in [-0.3, -0.25) is 10.1 Å². The van der Waals surface area contributed by atoms with Crippen LogP contribution in [0.5, 0.6) is 5.75 Å². The molecule has 0 aliphatic heterocycles. The Morgan fingerprint density at radius 3 is 2.64 bits per heavy atom. The molecule has 2 aromatic carbocycles. The number of carbonyl (C=O) groups excluding carboxylic acids is 1. The molecule has 7 heteroatoms. The number of thiazole rings is 1. The molecule has 4 nitrogen and oxygen atoms in total. The van der Waals surface area contributed by atoms with Crippen LogP contribution in [0.2, 0.25) is 0 Å². The van der Waals surface area contributed by atoms with E-state index in [1.807, 2.05) is 0 Å². The summed E-state index contributed by atoms with van der Waals surface area (Å²) < 4.78 is 32.5. The summed E-state index contributed by atoms with van der Waals surface area (Å²) in [6, 6.07) is 10.2. The lowest BCUT2D eigenvalue weighted by molar-refractivity contribution is 0.102. The molecule has 0 aliphatic rings. The van der Waals surface area contributed by atoms with E-state index in [-0.39, 0.29) is 11.5 Å². The van der Waals surface area contributed by atoms with Crippen LogP contribution in [-0.4, -0.2) is 17.5 Å². The number of amides is 1. The maximum atomic E-state index is 13.9. The first-order valence-corrected chi connectivity index (χ1v) is 9.90. The predicted molar refractivity (Wildman–Crippen MR) is 107 cm³/mol. The van der Waals surface area contributed by atoms with Crippen LogP contribution in [-0.2, 0) is 0 Å². The first-order valence-electron chi connectivity index (χ1n) is 9.02. The smallest absolute Gasteiger partial charge is 0.257 e. The number of nitrogens with one attached hydrogen (secondary N) is 1. The number of ether oxygens (including phenoxy) is 1. The standard InChI is InChI=1S/C21H20F2N2O2S/c1-2-3-4-11-27-16-8-5-14(6-9-16)20(26)25-21-24-19(13-28-21)17-10-7-15(22)12-18(17)23/h5-10,12-13H,2-4,11H2,1H3,(H,24,25,26). The van der Waals surface area contributed by atoms with Gasteiger partial charge in [0, 0.05) is 22.6 Å². The Kier molecular flexibility index (Phi) is 6.71. The van der Waals surface area contributed by atoms with E-state index in [4.69, 9.17) is 4.74 Å². The van der Waals surface area contributed by atoms with Crippen LogP contribution in [0.1, 0.15) is 36.5 Å². The fraction of sp³-hybridized carbons (Fsp3) is 0.238. The minimum Gasteiger partial charge on any atom is -0.494 e. The van der Waals surface area contributed by atoms with E-state index in [0.717, 1.165) is 31.1 Å². The predicted octanol–water partition coefficient (Wildman–Crippen LogP) is 5.91. The van der Waals surface area contributed by atoms with E-state index >= 15 is 0 Å². The SMILES string of the molecule is CCCCCOc1ccc(C(=O)Nc2nc(-c3ccc(F)cc3F)cs2)cc1. The van der Waals surface area contributed by atoms with Crippen molar-refractivity contribution in [3.63, 3.8) is 0 Å². The number of unbranched alkanes of at least 4 members (excludes halogenated alkanes) is 2. The van der Waals surface area contributed by atoms with Gasteiger partial charge in [-0.2, -0.15) is 0 Å². The molecule has 146 valence electrons. The summed E-state index contributed by atoms with van der Waals surface area (Å²) in [6.45, 7) is 2.79. The van der Waals surface area contributed by atoms with E-state index in [0.29, 0.717) is 23.0 Å². The molecule has 1 N–H and O–H groups in total. The quantitative estimate of drug-likeness (QED) is 0.477. The number of anilines is 1. The number of nitrogens with zero attached hydrogens (tertiary/aromatic N) is 1. The van der Waals surface area contributed by atoms with Gasteiger partial charge < -0.3 is 4.74 Å². The molecule has 3 rings (SSSR count). The number of aromatic nitrogens is 1. The highest BCUT2D eigenvalue weighted by Crippen LogP contribution is 2.27. The van der Waals surface area contributed by atoms with Crippen LogP contribution >= 0.6 is 11.3 Å². The van der Waals surface area contributed by atoms with Crippen molar-refractivity contribution in [2.75, 3.05) is 11.9 Å². The molecule has 1 heterocycles. The molecule has 0 atom stereocenters. The average Bonchev–Trinajstić information content (AvgIpc) is 3.14. The Bertz CT molecular complexity index is 942. The van der Waals surface area contributed by atoms with E-state index < -0.39 is 11.6 Å². The molecule has 0 spiro atoms. The molecule has 1 amide bonds. The Morgan fingerprint density at radius 1 is 1.14 bits per heavy atom. The van der Waals surface area contributed by atoms with E-state index in [1.54, 1.807) is 29.6 Å². The summed E-state index contributed by atoms with van der Waals surface area (Å²) in [5.41, 5.74) is 0.988. The Morgan fingerprint density at radius 2 is 1.93 bits per heavy atom. The lowest BCUT2D eigenvalue weighted by atomic mass is 10.1. The highest BCUT2D eigenvalue weighted by Gasteiger charge is 2.13. The van der Waals surface area contributed by atoms with Crippen LogP contribution < -0.4 is 10.1 Å². The van der Waals surface area contributed by atoms with Gasteiger partial charge in [0.05, 0.1) is 12.3 Å². The van der Waals surface area contributed by atoms with Crippen molar-refractivity contribution >= 4 is 22.4 Å². The topological polar surface area (TPSA) is 51.2 Å². The maximum absolute atomic E-state index is 13.9. The largest absolute Gasteiger partial charge is 0.494 e. The number of halogens is 2. The minimum atomic E-state index is -0.697. The molecular weight excluding hydrogens is 382 g/mol. The van der Waals surface area contributed by atoms with Crippen molar-refractivity contribution in [2.45, 2.75) is 26.2 Å². The first-order chi connectivity index (χ1) is 13.6. The zero-order chi connectivity index (χ0) is 19.9. The van der Waals surface area contributed by atoms with Gasteiger partial charge in [-0.25, -0.2) is 13.8 Å². The van der Waals surface area contributed by atoms with Crippen molar-refractivity contribution in [2.24, 2.45) is 0 Å². The van der Waals surface area contributed by atoms with Crippen LogP contribution in [0, 0.1) is 11.6 Å². The van der Waals surface area contributed by atoms with Crippen molar-refractivity contribution in [3.05, 3.63) is 65.0 Å². The number of hydrogen-bond donors (Lipinski definition) is 1. The summed E-state index contributed by atoms with van der Waals surface area (Å²) in [6.07, 6.45) is 3.26. The van der Waals surface area contributed by atoms with Crippen molar-refractivity contribution in [1.82, 2.24) is 4.98 Å². The van der Waals surface area contributed by atoms with Gasteiger partial charge in [0.25, 0.3) is 5.91 Å². The van der Waals surface area contributed by atoms with Gasteiger partial charge in [-0.05, 0) is 42.8 Å². The summed E-state index contributed by atoms with van der Waals surface area (Å²) in [4.78, 5) is 16.6. The zero-order valence-electron chi connectivity index (χ0n) is 15.4. The average molecular weight is 402 g/mol. The van der Waals surface area contributed by atoms with Gasteiger partial charge in [0.1, 0.15) is 17.4 Å². The first kappa shape index (κ1) is 19.9. The molecule has 3 aromatic rings. The molecule has 28 heavy (non-hydrogen) atoms. The van der Waals surface area contributed by atoms with Gasteiger partial charge in [0.15, 0.2) is 5.13 Å². The second kappa shape index (κ2) is 9.41. The van der Waals surface area contributed by atoms with E-state index in [1.165, 1.54) is 23.5 Å². The summed E-state index contributed by atoms with van der Waals surface area (Å²) in [5, 5.41) is 4.64. The molecule has 0 saturated carbocycles. The lowest BCUT2D eigenvalue weighted by Crippen LogP contribution is -2.11. The molecular formula is C21H20F2N2O2S. The fourth-order valence-corrected chi connectivity index (χ4v) is 3.27. The van der Waals surface area contributed by atoms with Crippen molar-refractivity contribution in [3.8, 4) is 17.0 Å². The van der Waals surface area contributed by atoms with E-state index in [2.05, 4.69) is 17.2 Å². The third-order valence-corrected chi connectivity index (χ3v) is 4.82. The third-order valence-electron chi connectivity index (χ3n) is 4.06.